The van der Waals surface area contributed by atoms with E-state index >= 15 is 0 Å². The Morgan fingerprint density at radius 3 is 2.35 bits per heavy atom. The Morgan fingerprint density at radius 2 is 1.94 bits per heavy atom. The van der Waals surface area contributed by atoms with Crippen LogP contribution in [0.5, 0.6) is 0 Å². The van der Waals surface area contributed by atoms with Gasteiger partial charge in [0.25, 0.3) is 0 Å². The minimum Gasteiger partial charge on any atom is -0.392 e. The van der Waals surface area contributed by atoms with Crippen molar-refractivity contribution in [2.24, 2.45) is 11.1 Å². The molecule has 5 heteroatoms. The monoisotopic (exact) mass is 258 g/mol. The summed E-state index contributed by atoms with van der Waals surface area (Å²) >= 11 is 4.91. The van der Waals surface area contributed by atoms with E-state index in [1.54, 1.807) is 25.8 Å². The van der Waals surface area contributed by atoms with Crippen LogP contribution in [0.3, 0.4) is 0 Å². The van der Waals surface area contributed by atoms with E-state index in [1.807, 2.05) is 0 Å². The number of hydrogen-bond donors (Lipinski definition) is 2. The number of carbonyl (C=O) groups excluding carboxylic acids is 1. The average Bonchev–Trinajstić information content (AvgIpc) is 2.63. The number of aliphatic hydroxyl groups is 1. The number of nitrogens with zero attached hydrogens (tertiary/aromatic N) is 1. The van der Waals surface area contributed by atoms with E-state index in [-0.39, 0.29) is 10.9 Å². The molecule has 1 aliphatic carbocycles. The van der Waals surface area contributed by atoms with Crippen molar-refractivity contribution in [1.82, 2.24) is 4.90 Å². The van der Waals surface area contributed by atoms with Gasteiger partial charge in [0, 0.05) is 13.6 Å². The van der Waals surface area contributed by atoms with Crippen molar-refractivity contribution < 1.29 is 9.90 Å². The predicted octanol–water partition coefficient (Wildman–Crippen LogP) is 1.06. The van der Waals surface area contributed by atoms with E-state index in [9.17, 15) is 9.90 Å². The first kappa shape index (κ1) is 14.4. The zero-order chi connectivity index (χ0) is 13.3. The first-order valence-corrected chi connectivity index (χ1v) is 6.38. The molecule has 0 aromatic heterocycles. The van der Waals surface area contributed by atoms with E-state index < -0.39 is 11.0 Å². The quantitative estimate of drug-likeness (QED) is 0.740. The van der Waals surface area contributed by atoms with Crippen LogP contribution in [0.25, 0.3) is 0 Å². The molecule has 0 atom stereocenters. The third-order valence-electron chi connectivity index (χ3n) is 3.56. The summed E-state index contributed by atoms with van der Waals surface area (Å²) in [6, 6.07) is 0. The molecule has 4 nitrogen and oxygen atoms in total. The molecule has 0 bridgehead atoms. The summed E-state index contributed by atoms with van der Waals surface area (Å²) in [5.74, 6) is -0.134. The van der Waals surface area contributed by atoms with Gasteiger partial charge in [-0.15, -0.1) is 0 Å². The molecule has 98 valence electrons. The zero-order valence-electron chi connectivity index (χ0n) is 10.8. The van der Waals surface area contributed by atoms with Gasteiger partial charge in [0.15, 0.2) is 0 Å². The molecule has 1 saturated carbocycles. The van der Waals surface area contributed by atoms with Gasteiger partial charge < -0.3 is 15.7 Å². The molecule has 17 heavy (non-hydrogen) atoms. The molecule has 0 radical (unpaired) electrons. The zero-order valence-corrected chi connectivity index (χ0v) is 11.6. The fourth-order valence-corrected chi connectivity index (χ4v) is 2.37. The number of thiocarbonyl (C=S) groups is 1. The van der Waals surface area contributed by atoms with Gasteiger partial charge in [-0.1, -0.05) is 25.1 Å². The SMILES string of the molecule is CN(CC1(O)CCCC1)C(=O)C(C)(C)C(N)=S. The molecular formula is C12H22N2O2S. The van der Waals surface area contributed by atoms with Gasteiger partial charge in [-0.2, -0.15) is 0 Å². The van der Waals surface area contributed by atoms with Crippen molar-refractivity contribution in [3.63, 3.8) is 0 Å². The largest absolute Gasteiger partial charge is 0.392 e. The van der Waals surface area contributed by atoms with Crippen molar-refractivity contribution in [2.45, 2.75) is 45.1 Å². The van der Waals surface area contributed by atoms with Crippen molar-refractivity contribution in [1.29, 1.82) is 0 Å². The van der Waals surface area contributed by atoms with Crippen molar-refractivity contribution in [2.75, 3.05) is 13.6 Å². The maximum Gasteiger partial charge on any atom is 0.234 e. The summed E-state index contributed by atoms with van der Waals surface area (Å²) in [6.07, 6.45) is 3.57. The van der Waals surface area contributed by atoms with Crippen LogP contribution < -0.4 is 5.73 Å². The molecule has 0 aromatic carbocycles. The highest BCUT2D eigenvalue weighted by atomic mass is 32.1. The van der Waals surface area contributed by atoms with Crippen molar-refractivity contribution in [3.05, 3.63) is 0 Å². The molecule has 0 aromatic rings. The van der Waals surface area contributed by atoms with Crippen LogP contribution in [-0.4, -0.2) is 40.1 Å². The molecule has 0 saturated heterocycles. The highest BCUT2D eigenvalue weighted by Gasteiger charge is 2.38. The van der Waals surface area contributed by atoms with Crippen LogP contribution in [0.15, 0.2) is 0 Å². The lowest BCUT2D eigenvalue weighted by molar-refractivity contribution is -0.138. The Balaban J connectivity index is 2.67. The third kappa shape index (κ3) is 3.16. The fourth-order valence-electron chi connectivity index (χ4n) is 2.29. The van der Waals surface area contributed by atoms with Crippen LogP contribution in [0, 0.1) is 5.41 Å². The molecule has 1 aliphatic rings. The normalized spacial score (nSPS) is 19.1. The number of likely N-dealkylation sites (N-methyl/N-ethyl adjacent to an activating group) is 1. The first-order chi connectivity index (χ1) is 7.69. The lowest BCUT2D eigenvalue weighted by atomic mass is 9.91. The van der Waals surface area contributed by atoms with E-state index in [0.29, 0.717) is 6.54 Å². The van der Waals surface area contributed by atoms with Gasteiger partial charge in [0.1, 0.15) is 0 Å². The van der Waals surface area contributed by atoms with Crippen LogP contribution in [-0.2, 0) is 4.79 Å². The highest BCUT2D eigenvalue weighted by Crippen LogP contribution is 2.31. The van der Waals surface area contributed by atoms with Crippen molar-refractivity contribution in [3.8, 4) is 0 Å². The summed E-state index contributed by atoms with van der Waals surface area (Å²) in [5, 5.41) is 10.3. The second kappa shape index (κ2) is 4.90. The average molecular weight is 258 g/mol. The van der Waals surface area contributed by atoms with E-state index in [4.69, 9.17) is 18.0 Å². The van der Waals surface area contributed by atoms with Crippen LogP contribution >= 0.6 is 12.2 Å². The minimum absolute atomic E-state index is 0.134. The number of rotatable bonds is 4. The molecule has 1 amide bonds. The Morgan fingerprint density at radius 1 is 1.47 bits per heavy atom. The maximum absolute atomic E-state index is 12.2. The minimum atomic E-state index is -0.848. The van der Waals surface area contributed by atoms with E-state index in [1.165, 1.54) is 0 Å². The van der Waals surface area contributed by atoms with E-state index in [2.05, 4.69) is 0 Å². The molecule has 0 spiro atoms. The summed E-state index contributed by atoms with van der Waals surface area (Å²) in [4.78, 5) is 13.9. The number of amides is 1. The number of hydrogen-bond acceptors (Lipinski definition) is 3. The summed E-state index contributed by atoms with van der Waals surface area (Å²) < 4.78 is 0. The molecular weight excluding hydrogens is 236 g/mol. The first-order valence-electron chi connectivity index (χ1n) is 5.97. The second-order valence-electron chi connectivity index (χ2n) is 5.58. The molecule has 0 unspecified atom stereocenters. The van der Waals surface area contributed by atoms with Gasteiger partial charge in [-0.05, 0) is 26.7 Å². The number of carbonyl (C=O) groups is 1. The van der Waals surface area contributed by atoms with Gasteiger partial charge >= 0.3 is 0 Å². The lowest BCUT2D eigenvalue weighted by Gasteiger charge is -2.33. The fraction of sp³-hybridized carbons (Fsp3) is 0.833. The Bertz CT molecular complexity index is 322. The molecule has 1 rings (SSSR count). The van der Waals surface area contributed by atoms with E-state index in [0.717, 1.165) is 25.7 Å². The molecule has 0 heterocycles. The highest BCUT2D eigenvalue weighted by molar-refractivity contribution is 7.80. The molecule has 1 fully saturated rings. The Kier molecular flexibility index (Phi) is 4.15. The second-order valence-corrected chi connectivity index (χ2v) is 6.02. The van der Waals surface area contributed by atoms with Crippen LogP contribution in [0.1, 0.15) is 39.5 Å². The summed E-state index contributed by atoms with van der Waals surface area (Å²) in [7, 11) is 1.69. The smallest absolute Gasteiger partial charge is 0.234 e. The van der Waals surface area contributed by atoms with Crippen LogP contribution in [0.2, 0.25) is 0 Å². The predicted molar refractivity (Wildman–Crippen MR) is 71.6 cm³/mol. The third-order valence-corrected chi connectivity index (χ3v) is 4.07. The standard InChI is InChI=1S/C12H22N2O2S/c1-11(2,9(13)17)10(15)14(3)8-12(16)6-4-5-7-12/h16H,4-8H2,1-3H3,(H2,13,17). The number of nitrogens with two attached hydrogens (primary N) is 1. The topological polar surface area (TPSA) is 66.6 Å². The summed E-state index contributed by atoms with van der Waals surface area (Å²) in [5.41, 5.74) is 4.00. The van der Waals surface area contributed by atoms with Crippen LogP contribution in [0.4, 0.5) is 0 Å². The van der Waals surface area contributed by atoms with Crippen molar-refractivity contribution >= 4 is 23.1 Å². The lowest BCUT2D eigenvalue weighted by Crippen LogP contribution is -2.50. The van der Waals surface area contributed by atoms with Gasteiger partial charge in [-0.3, -0.25) is 4.79 Å². The van der Waals surface area contributed by atoms with Gasteiger partial charge in [0.2, 0.25) is 5.91 Å². The maximum atomic E-state index is 12.2. The van der Waals surface area contributed by atoms with Gasteiger partial charge in [0.05, 0.1) is 16.0 Å². The molecule has 3 N–H and O–H groups in total. The Hall–Kier alpha value is -0.680. The molecule has 0 aliphatic heterocycles. The van der Waals surface area contributed by atoms with Gasteiger partial charge in [-0.25, -0.2) is 0 Å². The Labute approximate surface area is 108 Å². The summed E-state index contributed by atoms with van der Waals surface area (Å²) in [6.45, 7) is 3.79.